The monoisotopic (exact) mass is 413 g/mol. The van der Waals surface area contributed by atoms with Gasteiger partial charge >= 0.3 is 0 Å². The molecule has 1 N–H and O–H groups in total. The Hall–Kier alpha value is -2.69. The largest absolute Gasteiger partial charge is 0.379 e. The number of hydrogen-bond donors (Lipinski definition) is 1. The summed E-state index contributed by atoms with van der Waals surface area (Å²) < 4.78 is 6.91. The lowest BCUT2D eigenvalue weighted by Gasteiger charge is -2.25. The zero-order valence-electron chi connectivity index (χ0n) is 16.0. The molecule has 0 spiro atoms. The molecule has 0 atom stereocenters. The first-order chi connectivity index (χ1) is 14.3. The number of amides is 1. The number of aromatic nitrogens is 5. The van der Waals surface area contributed by atoms with Crippen molar-refractivity contribution in [1.29, 1.82) is 0 Å². The van der Waals surface area contributed by atoms with Crippen molar-refractivity contribution < 1.29 is 9.53 Å². The van der Waals surface area contributed by atoms with E-state index < -0.39 is 0 Å². The summed E-state index contributed by atoms with van der Waals surface area (Å²) in [4.78, 5) is 19.2. The van der Waals surface area contributed by atoms with Gasteiger partial charge in [0.2, 0.25) is 5.91 Å². The number of hydrogen-bond acceptors (Lipinski definition) is 8. The summed E-state index contributed by atoms with van der Waals surface area (Å²) in [7, 11) is 0. The first-order valence-electron chi connectivity index (χ1n) is 9.59. The lowest BCUT2D eigenvalue weighted by Crippen LogP contribution is -2.37. The van der Waals surface area contributed by atoms with E-state index in [1.54, 1.807) is 16.0 Å². The van der Waals surface area contributed by atoms with Gasteiger partial charge < -0.3 is 10.1 Å². The number of benzene rings is 1. The summed E-state index contributed by atoms with van der Waals surface area (Å²) in [5, 5.41) is 17.7. The second kappa shape index (κ2) is 9.68. The van der Waals surface area contributed by atoms with E-state index in [1.165, 1.54) is 0 Å². The van der Waals surface area contributed by atoms with Crippen molar-refractivity contribution in [3.63, 3.8) is 0 Å². The Balaban J connectivity index is 1.24. The Morgan fingerprint density at radius 3 is 2.86 bits per heavy atom. The van der Waals surface area contributed by atoms with Crippen molar-refractivity contribution in [2.24, 2.45) is 0 Å². The number of thiazole rings is 1. The quantitative estimate of drug-likeness (QED) is 0.588. The highest BCUT2D eigenvalue weighted by Gasteiger charge is 2.16. The summed E-state index contributed by atoms with van der Waals surface area (Å²) in [5.41, 5.74) is 2.07. The molecular formula is C19H23N7O2S. The predicted octanol–water partition coefficient (Wildman–Crippen LogP) is 0.988. The van der Waals surface area contributed by atoms with E-state index in [0.29, 0.717) is 38.5 Å². The first kappa shape index (κ1) is 19.6. The van der Waals surface area contributed by atoms with Gasteiger partial charge in [-0.25, -0.2) is 9.67 Å². The molecule has 0 unspecified atom stereocenters. The van der Waals surface area contributed by atoms with E-state index in [-0.39, 0.29) is 12.5 Å². The van der Waals surface area contributed by atoms with E-state index in [2.05, 4.69) is 30.7 Å². The highest BCUT2D eigenvalue weighted by atomic mass is 32.1. The number of ether oxygens (including phenoxy) is 1. The number of carbonyl (C=O) groups is 1. The van der Waals surface area contributed by atoms with Crippen LogP contribution in [-0.4, -0.2) is 68.8 Å². The molecule has 0 saturated carbocycles. The van der Waals surface area contributed by atoms with Gasteiger partial charge in [0.25, 0.3) is 0 Å². The van der Waals surface area contributed by atoms with Gasteiger partial charge in [-0.2, -0.15) is 0 Å². The molecule has 1 aliphatic heterocycles. The molecule has 10 heteroatoms. The molecule has 152 valence electrons. The predicted molar refractivity (Wildman–Crippen MR) is 108 cm³/mol. The normalized spacial score (nSPS) is 14.8. The van der Waals surface area contributed by atoms with E-state index in [9.17, 15) is 4.79 Å². The number of rotatable bonds is 8. The van der Waals surface area contributed by atoms with Crippen LogP contribution >= 0.6 is 11.3 Å². The lowest BCUT2D eigenvalue weighted by atomic mass is 10.2. The van der Waals surface area contributed by atoms with Crippen molar-refractivity contribution in [3.05, 3.63) is 46.5 Å². The third-order valence-electron chi connectivity index (χ3n) is 4.65. The molecule has 0 aliphatic carbocycles. The zero-order chi connectivity index (χ0) is 19.9. The molecule has 4 rings (SSSR count). The van der Waals surface area contributed by atoms with E-state index in [4.69, 9.17) is 4.74 Å². The van der Waals surface area contributed by atoms with Crippen molar-refractivity contribution >= 4 is 17.2 Å². The topological polar surface area (TPSA) is 98.1 Å². The van der Waals surface area contributed by atoms with Crippen LogP contribution in [0.5, 0.6) is 0 Å². The van der Waals surface area contributed by atoms with Crippen LogP contribution < -0.4 is 5.32 Å². The molecule has 9 nitrogen and oxygen atoms in total. The van der Waals surface area contributed by atoms with E-state index in [0.717, 1.165) is 29.4 Å². The maximum Gasteiger partial charge on any atom is 0.241 e. The number of nitrogens with one attached hydrogen (secondary N) is 1. The summed E-state index contributed by atoms with van der Waals surface area (Å²) in [6, 6.07) is 10.1. The van der Waals surface area contributed by atoms with Gasteiger partial charge in [-0.05, 0) is 10.4 Å². The average Bonchev–Trinajstić information content (AvgIpc) is 3.39. The SMILES string of the molecule is O=C(Cn1nnnc1CN1CCOCC1)NCCc1nc(-c2ccccc2)cs1. The Bertz CT molecular complexity index is 922. The van der Waals surface area contributed by atoms with Gasteiger partial charge in [0.15, 0.2) is 5.82 Å². The Kier molecular flexibility index (Phi) is 6.55. The lowest BCUT2D eigenvalue weighted by molar-refractivity contribution is -0.121. The molecule has 0 radical (unpaired) electrons. The van der Waals surface area contributed by atoms with E-state index >= 15 is 0 Å². The third kappa shape index (κ3) is 5.43. The van der Waals surface area contributed by atoms with Gasteiger partial charge in [-0.15, -0.1) is 16.4 Å². The molecule has 1 saturated heterocycles. The second-order valence-corrected chi connectivity index (χ2v) is 7.68. The fraction of sp³-hybridized carbons (Fsp3) is 0.421. The first-order valence-corrected chi connectivity index (χ1v) is 10.5. The molecule has 1 amide bonds. The minimum atomic E-state index is -0.111. The van der Waals surface area contributed by atoms with Crippen LogP contribution in [0.3, 0.4) is 0 Å². The van der Waals surface area contributed by atoms with Crippen molar-refractivity contribution in [2.75, 3.05) is 32.8 Å². The molecule has 1 aliphatic rings. The van der Waals surface area contributed by atoms with Crippen LogP contribution in [0.1, 0.15) is 10.8 Å². The average molecular weight is 414 g/mol. The van der Waals surface area contributed by atoms with Crippen LogP contribution in [-0.2, 0) is 29.0 Å². The van der Waals surface area contributed by atoms with Gasteiger partial charge in [-0.1, -0.05) is 30.3 Å². The highest BCUT2D eigenvalue weighted by Crippen LogP contribution is 2.21. The highest BCUT2D eigenvalue weighted by molar-refractivity contribution is 7.09. The zero-order valence-corrected chi connectivity index (χ0v) is 16.8. The van der Waals surface area contributed by atoms with Crippen molar-refractivity contribution in [3.8, 4) is 11.3 Å². The maximum atomic E-state index is 12.3. The molecule has 3 aromatic rings. The third-order valence-corrected chi connectivity index (χ3v) is 5.56. The minimum Gasteiger partial charge on any atom is -0.379 e. The Morgan fingerprint density at radius 2 is 2.03 bits per heavy atom. The van der Waals surface area contributed by atoms with Gasteiger partial charge in [0, 0.05) is 37.0 Å². The van der Waals surface area contributed by atoms with Gasteiger partial charge in [-0.3, -0.25) is 9.69 Å². The summed E-state index contributed by atoms with van der Waals surface area (Å²) >= 11 is 1.61. The number of morpholine rings is 1. The molecule has 1 aromatic carbocycles. The van der Waals surface area contributed by atoms with Crippen LogP contribution in [0.4, 0.5) is 0 Å². The van der Waals surface area contributed by atoms with Crippen LogP contribution in [0.2, 0.25) is 0 Å². The molecule has 3 heterocycles. The van der Waals surface area contributed by atoms with Crippen LogP contribution in [0.25, 0.3) is 11.3 Å². The maximum absolute atomic E-state index is 12.3. The summed E-state index contributed by atoms with van der Waals surface area (Å²) in [6.45, 7) is 4.37. The minimum absolute atomic E-state index is 0.111. The fourth-order valence-corrected chi connectivity index (χ4v) is 3.89. The Morgan fingerprint density at radius 1 is 1.21 bits per heavy atom. The van der Waals surface area contributed by atoms with Crippen molar-refractivity contribution in [2.45, 2.75) is 19.5 Å². The second-order valence-electron chi connectivity index (χ2n) is 6.73. The standard InChI is InChI=1S/C19H23N7O2S/c27-18(13-26-17(22-23-24-26)12-25-8-10-28-11-9-25)20-7-6-19-21-16(14-29-19)15-4-2-1-3-5-15/h1-5,14H,6-13H2,(H,20,27). The van der Waals surface area contributed by atoms with Crippen LogP contribution in [0.15, 0.2) is 35.7 Å². The fourth-order valence-electron chi connectivity index (χ4n) is 3.09. The molecule has 29 heavy (non-hydrogen) atoms. The van der Waals surface area contributed by atoms with Crippen molar-refractivity contribution in [1.82, 2.24) is 35.4 Å². The Labute approximate surface area is 172 Å². The summed E-state index contributed by atoms with van der Waals surface area (Å²) in [6.07, 6.45) is 0.694. The smallest absolute Gasteiger partial charge is 0.241 e. The van der Waals surface area contributed by atoms with Gasteiger partial charge in [0.05, 0.1) is 30.5 Å². The number of carbonyl (C=O) groups excluding carboxylic acids is 1. The summed E-state index contributed by atoms with van der Waals surface area (Å²) in [5.74, 6) is 0.579. The number of tetrazole rings is 1. The molecule has 2 aromatic heterocycles. The van der Waals surface area contributed by atoms with E-state index in [1.807, 2.05) is 35.7 Å². The van der Waals surface area contributed by atoms with Gasteiger partial charge in [0.1, 0.15) is 6.54 Å². The van der Waals surface area contributed by atoms with Crippen LogP contribution in [0, 0.1) is 0 Å². The molecular weight excluding hydrogens is 390 g/mol. The molecule has 0 bridgehead atoms. The number of nitrogens with zero attached hydrogens (tertiary/aromatic N) is 6. The molecule has 1 fully saturated rings.